The van der Waals surface area contributed by atoms with Crippen LogP contribution in [0.15, 0.2) is 0 Å². The van der Waals surface area contributed by atoms with Gasteiger partial charge in [0.15, 0.2) is 0 Å². The lowest BCUT2D eigenvalue weighted by Crippen LogP contribution is -2.27. The molecule has 0 saturated heterocycles. The molecule has 2 heterocycles. The predicted molar refractivity (Wildman–Crippen MR) is 109 cm³/mol. The van der Waals surface area contributed by atoms with E-state index in [-0.39, 0.29) is 10.8 Å². The van der Waals surface area contributed by atoms with Crippen molar-refractivity contribution in [2.24, 2.45) is 0 Å². The molecule has 4 heteroatoms. The lowest BCUT2D eigenvalue weighted by molar-refractivity contribution is 0.559. The van der Waals surface area contributed by atoms with Gasteiger partial charge < -0.3 is 0 Å². The van der Waals surface area contributed by atoms with Gasteiger partial charge in [0.05, 0.1) is 0 Å². The Labute approximate surface area is 151 Å². The first kappa shape index (κ1) is 17.4. The Morgan fingerprint density at radius 3 is 0.909 bits per heavy atom. The largest absolute Gasteiger partial charge is 0.0890 e. The highest BCUT2D eigenvalue weighted by molar-refractivity contribution is 8.76. The maximum atomic E-state index is 2.40. The van der Waals surface area contributed by atoms with Crippen molar-refractivity contribution in [1.29, 1.82) is 0 Å². The van der Waals surface area contributed by atoms with Gasteiger partial charge in [-0.2, -0.15) is 0 Å². The maximum Gasteiger partial charge on any atom is 0.0295 e. The van der Waals surface area contributed by atoms with E-state index in [0.717, 1.165) is 0 Å². The average Bonchev–Trinajstić information content (AvgIpc) is 2.41. The quantitative estimate of drug-likeness (QED) is 0.447. The van der Waals surface area contributed by atoms with E-state index >= 15 is 0 Å². The third kappa shape index (κ3) is 3.10. The molecule has 3 rings (SSSR count). The van der Waals surface area contributed by atoms with E-state index in [4.69, 9.17) is 0 Å². The highest BCUT2D eigenvalue weighted by Gasteiger charge is 2.35. The van der Waals surface area contributed by atoms with E-state index in [2.05, 4.69) is 41.5 Å². The molecule has 122 valence electrons. The van der Waals surface area contributed by atoms with Crippen LogP contribution in [0.1, 0.15) is 74.9 Å². The second kappa shape index (κ2) is 6.16. The number of rotatable bonds is 0. The van der Waals surface area contributed by atoms with Crippen LogP contribution in [0.5, 0.6) is 0 Å². The van der Waals surface area contributed by atoms with Gasteiger partial charge in [-0.3, -0.25) is 0 Å². The van der Waals surface area contributed by atoms with Crippen LogP contribution in [-0.4, -0.2) is 0 Å². The Hall–Kier alpha value is 0.620. The van der Waals surface area contributed by atoms with Crippen molar-refractivity contribution < 1.29 is 0 Å². The van der Waals surface area contributed by atoms with Crippen molar-refractivity contribution in [1.82, 2.24) is 0 Å². The maximum absolute atomic E-state index is 2.40. The summed E-state index contributed by atoms with van der Waals surface area (Å²) in [6.07, 6.45) is 0. The zero-order chi connectivity index (χ0) is 16.1. The van der Waals surface area contributed by atoms with Crippen molar-refractivity contribution >= 4 is 43.2 Å². The molecular formula is C18H26S4. The lowest BCUT2D eigenvalue weighted by atomic mass is 9.72. The lowest BCUT2D eigenvalue weighted by Gasteiger charge is -2.38. The van der Waals surface area contributed by atoms with Crippen LogP contribution < -0.4 is 0 Å². The summed E-state index contributed by atoms with van der Waals surface area (Å²) in [4.78, 5) is 0. The third-order valence-electron chi connectivity index (χ3n) is 4.42. The van der Waals surface area contributed by atoms with Crippen molar-refractivity contribution in [3.05, 3.63) is 33.4 Å². The van der Waals surface area contributed by atoms with Crippen LogP contribution in [0.4, 0.5) is 0 Å². The number of hydrogen-bond donors (Lipinski definition) is 0. The first-order chi connectivity index (χ1) is 10.2. The van der Waals surface area contributed by atoms with Gasteiger partial charge >= 0.3 is 0 Å². The van der Waals surface area contributed by atoms with Crippen molar-refractivity contribution in [3.63, 3.8) is 0 Å². The van der Waals surface area contributed by atoms with Crippen LogP contribution in [0.25, 0.3) is 0 Å². The molecule has 0 radical (unpaired) electrons. The summed E-state index contributed by atoms with van der Waals surface area (Å²) in [6, 6.07) is 0. The fourth-order valence-electron chi connectivity index (χ4n) is 3.82. The molecule has 0 fully saturated rings. The Kier molecular flexibility index (Phi) is 4.89. The molecule has 0 atom stereocenters. The molecule has 0 saturated carbocycles. The smallest absolute Gasteiger partial charge is 0.0295 e. The van der Waals surface area contributed by atoms with Gasteiger partial charge in [-0.05, 0) is 44.2 Å². The summed E-state index contributed by atoms with van der Waals surface area (Å²) in [6.45, 7) is 14.4. The van der Waals surface area contributed by atoms with Crippen LogP contribution in [0, 0.1) is 0 Å². The summed E-state index contributed by atoms with van der Waals surface area (Å²) in [5.41, 5.74) is 10.5. The van der Waals surface area contributed by atoms with E-state index in [1.54, 1.807) is 33.4 Å². The molecule has 0 amide bonds. The molecule has 22 heavy (non-hydrogen) atoms. The van der Waals surface area contributed by atoms with Gasteiger partial charge in [0.2, 0.25) is 0 Å². The third-order valence-corrected chi connectivity index (χ3v) is 8.79. The summed E-state index contributed by atoms with van der Waals surface area (Å²) in [7, 11) is 8.17. The van der Waals surface area contributed by atoms with Crippen molar-refractivity contribution in [3.8, 4) is 0 Å². The second-order valence-corrected chi connectivity index (χ2v) is 13.1. The Morgan fingerprint density at radius 2 is 0.727 bits per heavy atom. The average molecular weight is 371 g/mol. The van der Waals surface area contributed by atoms with E-state index < -0.39 is 0 Å². The van der Waals surface area contributed by atoms with Crippen LogP contribution >= 0.6 is 43.2 Å². The van der Waals surface area contributed by atoms with E-state index in [1.165, 1.54) is 23.0 Å². The van der Waals surface area contributed by atoms with E-state index in [1.807, 2.05) is 43.2 Å². The summed E-state index contributed by atoms with van der Waals surface area (Å²) in [5.74, 6) is 4.73. The minimum atomic E-state index is 0.246. The normalized spacial score (nSPS) is 18.8. The molecule has 0 aliphatic carbocycles. The molecule has 0 bridgehead atoms. The van der Waals surface area contributed by atoms with Gasteiger partial charge in [-0.25, -0.2) is 0 Å². The monoisotopic (exact) mass is 370 g/mol. The summed E-state index contributed by atoms with van der Waals surface area (Å²) < 4.78 is 0. The SMILES string of the molecule is CC(C)(C)c1c2c(c(C(C)(C)C)c3c1CSSC3)CSSC2. The molecule has 2 aliphatic rings. The van der Waals surface area contributed by atoms with Gasteiger partial charge in [-0.1, -0.05) is 84.7 Å². The first-order valence-electron chi connectivity index (χ1n) is 7.90. The summed E-state index contributed by atoms with van der Waals surface area (Å²) >= 11 is 0. The summed E-state index contributed by atoms with van der Waals surface area (Å²) in [5, 5.41) is 0. The Morgan fingerprint density at radius 1 is 0.500 bits per heavy atom. The highest BCUT2D eigenvalue weighted by atomic mass is 33.1. The minimum Gasteiger partial charge on any atom is -0.0890 e. The van der Waals surface area contributed by atoms with Crippen molar-refractivity contribution in [2.45, 2.75) is 75.4 Å². The Balaban J connectivity index is 2.39. The molecule has 0 unspecified atom stereocenters. The number of fused-ring (bicyclic) bond motifs is 2. The standard InChI is InChI=1S/C18H26S4/c1-17(2,3)15-11-7-19-21-9-13(11)16(18(4,5)6)14-10-22-20-8-12(14)15/h7-10H2,1-6H3. The second-order valence-electron chi connectivity index (χ2n) is 8.21. The number of benzene rings is 1. The molecule has 1 aromatic rings. The Bertz CT molecular complexity index is 501. The van der Waals surface area contributed by atoms with Crippen LogP contribution in [0.2, 0.25) is 0 Å². The van der Waals surface area contributed by atoms with Gasteiger partial charge in [-0.15, -0.1) is 0 Å². The molecular weight excluding hydrogens is 344 g/mol. The fraction of sp³-hybridized carbons (Fsp3) is 0.667. The van der Waals surface area contributed by atoms with Gasteiger partial charge in [0.25, 0.3) is 0 Å². The molecule has 0 aromatic heterocycles. The first-order valence-corrected chi connectivity index (χ1v) is 12.9. The van der Waals surface area contributed by atoms with E-state index in [0.29, 0.717) is 0 Å². The molecule has 1 aromatic carbocycles. The van der Waals surface area contributed by atoms with Gasteiger partial charge in [0, 0.05) is 23.0 Å². The zero-order valence-electron chi connectivity index (χ0n) is 14.5. The molecule has 2 aliphatic heterocycles. The fourth-order valence-corrected chi connectivity index (χ4v) is 8.31. The van der Waals surface area contributed by atoms with Crippen molar-refractivity contribution in [2.75, 3.05) is 0 Å². The van der Waals surface area contributed by atoms with E-state index in [9.17, 15) is 0 Å². The molecule has 0 spiro atoms. The van der Waals surface area contributed by atoms with Gasteiger partial charge in [0.1, 0.15) is 0 Å². The van der Waals surface area contributed by atoms with Crippen LogP contribution in [-0.2, 0) is 33.8 Å². The minimum absolute atomic E-state index is 0.246. The highest BCUT2D eigenvalue weighted by Crippen LogP contribution is 2.52. The number of hydrogen-bond acceptors (Lipinski definition) is 4. The molecule has 0 N–H and O–H groups in total. The van der Waals surface area contributed by atoms with Crippen LogP contribution in [0.3, 0.4) is 0 Å². The molecule has 0 nitrogen and oxygen atoms in total. The predicted octanol–water partition coefficient (Wildman–Crippen LogP) is 7.07. The zero-order valence-corrected chi connectivity index (χ0v) is 17.7. The topological polar surface area (TPSA) is 0 Å².